The topological polar surface area (TPSA) is 60.4 Å². The van der Waals surface area contributed by atoms with E-state index in [1.165, 1.54) is 0 Å². The maximum atomic E-state index is 13.0. The van der Waals surface area contributed by atoms with Crippen molar-refractivity contribution in [3.05, 3.63) is 65.2 Å². The molecule has 4 nitrogen and oxygen atoms in total. The van der Waals surface area contributed by atoms with Gasteiger partial charge >= 0.3 is 0 Å². The van der Waals surface area contributed by atoms with E-state index < -0.39 is 11.3 Å². The summed E-state index contributed by atoms with van der Waals surface area (Å²) in [5.41, 5.74) is 0.431. The lowest BCUT2D eigenvalue weighted by Crippen LogP contribution is -2.42. The van der Waals surface area contributed by atoms with Gasteiger partial charge in [-0.15, -0.1) is 0 Å². The second kappa shape index (κ2) is 5.13. The first-order valence-electron chi connectivity index (χ1n) is 7.95. The van der Waals surface area contributed by atoms with Crippen LogP contribution in [0.4, 0.5) is 0 Å². The summed E-state index contributed by atoms with van der Waals surface area (Å²) in [6.07, 6.45) is 1.19. The lowest BCUT2D eigenvalue weighted by molar-refractivity contribution is 0.0634. The average Bonchev–Trinajstić information content (AvgIpc) is 3.41. The van der Waals surface area contributed by atoms with Gasteiger partial charge in [0.05, 0.1) is 18.4 Å². The molecule has 4 rings (SSSR count). The number of hydrogen-bond acceptors (Lipinski definition) is 4. The fourth-order valence-electron chi connectivity index (χ4n) is 3.64. The molecule has 0 bridgehead atoms. The molecular weight excluding hydrogens is 304 g/mol. The van der Waals surface area contributed by atoms with Crippen LogP contribution < -0.4 is 4.74 Å². The number of carbonyl (C=O) groups is 3. The molecule has 2 aromatic rings. The summed E-state index contributed by atoms with van der Waals surface area (Å²) in [5, 5.41) is 0. The van der Waals surface area contributed by atoms with Crippen LogP contribution in [0.5, 0.6) is 5.75 Å². The maximum absolute atomic E-state index is 13.0. The normalized spacial score (nSPS) is 20.6. The van der Waals surface area contributed by atoms with Gasteiger partial charge in [0.2, 0.25) is 0 Å². The Bertz CT molecular complexity index is 859. The highest BCUT2D eigenvalue weighted by Gasteiger charge is 2.63. The van der Waals surface area contributed by atoms with Gasteiger partial charge in [0.25, 0.3) is 0 Å². The van der Waals surface area contributed by atoms with E-state index in [9.17, 15) is 14.4 Å². The van der Waals surface area contributed by atoms with Crippen LogP contribution in [-0.4, -0.2) is 24.5 Å². The summed E-state index contributed by atoms with van der Waals surface area (Å²) in [5.74, 6) is -0.839. The lowest BCUT2D eigenvalue weighted by atomic mass is 9.68. The maximum Gasteiger partial charge on any atom is 0.175 e. The molecule has 0 aliphatic heterocycles. The van der Waals surface area contributed by atoms with E-state index in [1.54, 1.807) is 55.6 Å². The standard InChI is InChI=1S/C20H16O4/c1-24-13-8-6-12(7-9-13)17(21)16-18(22)14-4-2-3-5-15(14)19(23)20(16)10-11-20/h2-9,16H,10-11H2,1H3. The number of Topliss-reactive ketones (excluding diaryl/α,β-unsaturated/α-hetero) is 3. The highest BCUT2D eigenvalue weighted by molar-refractivity contribution is 6.27. The van der Waals surface area contributed by atoms with E-state index >= 15 is 0 Å². The van der Waals surface area contributed by atoms with Gasteiger partial charge in [-0.3, -0.25) is 14.4 Å². The van der Waals surface area contributed by atoms with Crippen LogP contribution in [0.3, 0.4) is 0 Å². The fraction of sp³-hybridized carbons (Fsp3) is 0.250. The second-order valence-electron chi connectivity index (χ2n) is 6.42. The lowest BCUT2D eigenvalue weighted by Gasteiger charge is -2.29. The zero-order valence-corrected chi connectivity index (χ0v) is 13.2. The van der Waals surface area contributed by atoms with Crippen molar-refractivity contribution in [2.45, 2.75) is 12.8 Å². The quantitative estimate of drug-likeness (QED) is 0.643. The zero-order valence-electron chi connectivity index (χ0n) is 13.2. The molecule has 0 radical (unpaired) electrons. The van der Waals surface area contributed by atoms with Crippen molar-refractivity contribution in [2.75, 3.05) is 7.11 Å². The van der Waals surface area contributed by atoms with Crippen LogP contribution in [-0.2, 0) is 0 Å². The van der Waals surface area contributed by atoms with Gasteiger partial charge in [0.15, 0.2) is 17.3 Å². The van der Waals surface area contributed by atoms with Crippen molar-refractivity contribution < 1.29 is 19.1 Å². The Morgan fingerprint density at radius 3 is 2.21 bits per heavy atom. The van der Waals surface area contributed by atoms with Crippen LogP contribution in [0.25, 0.3) is 0 Å². The third kappa shape index (κ3) is 1.96. The van der Waals surface area contributed by atoms with Crippen molar-refractivity contribution in [3.63, 3.8) is 0 Å². The highest BCUT2D eigenvalue weighted by Crippen LogP contribution is 2.58. The molecule has 24 heavy (non-hydrogen) atoms. The third-order valence-corrected chi connectivity index (χ3v) is 5.13. The van der Waals surface area contributed by atoms with Crippen LogP contribution in [0.1, 0.15) is 43.9 Å². The molecular formula is C20H16O4. The molecule has 2 aromatic carbocycles. The number of ether oxygens (including phenoxy) is 1. The summed E-state index contributed by atoms with van der Waals surface area (Å²) in [6, 6.07) is 13.5. The van der Waals surface area contributed by atoms with Gasteiger partial charge < -0.3 is 4.74 Å². The summed E-state index contributed by atoms with van der Waals surface area (Å²) < 4.78 is 5.10. The van der Waals surface area contributed by atoms with Gasteiger partial charge in [0, 0.05) is 16.7 Å². The van der Waals surface area contributed by atoms with Gasteiger partial charge in [-0.25, -0.2) is 0 Å². The number of methoxy groups -OCH3 is 1. The van der Waals surface area contributed by atoms with Crippen molar-refractivity contribution in [1.82, 2.24) is 0 Å². The summed E-state index contributed by atoms with van der Waals surface area (Å²) in [4.78, 5) is 38.8. The molecule has 0 aromatic heterocycles. The molecule has 1 spiro atoms. The SMILES string of the molecule is COc1ccc(C(=O)C2C(=O)c3ccccc3C(=O)C23CC3)cc1. The Labute approximate surface area is 139 Å². The molecule has 1 saturated carbocycles. The average molecular weight is 320 g/mol. The molecule has 0 saturated heterocycles. The van der Waals surface area contributed by atoms with E-state index in [1.807, 2.05) is 0 Å². The molecule has 1 atom stereocenters. The summed E-state index contributed by atoms with van der Waals surface area (Å²) in [7, 11) is 1.55. The van der Waals surface area contributed by atoms with E-state index in [0.29, 0.717) is 35.3 Å². The Hall–Kier alpha value is -2.75. The third-order valence-electron chi connectivity index (χ3n) is 5.13. The Morgan fingerprint density at radius 2 is 1.62 bits per heavy atom. The van der Waals surface area contributed by atoms with Crippen LogP contribution in [0, 0.1) is 11.3 Å². The highest BCUT2D eigenvalue weighted by atomic mass is 16.5. The predicted molar refractivity (Wildman–Crippen MR) is 87.6 cm³/mol. The van der Waals surface area contributed by atoms with E-state index in [-0.39, 0.29) is 17.3 Å². The van der Waals surface area contributed by atoms with Crippen LogP contribution in [0.2, 0.25) is 0 Å². The van der Waals surface area contributed by atoms with Crippen molar-refractivity contribution >= 4 is 17.3 Å². The van der Waals surface area contributed by atoms with Gasteiger partial charge in [-0.05, 0) is 37.1 Å². The zero-order chi connectivity index (χ0) is 16.9. The molecule has 0 N–H and O–H groups in total. The van der Waals surface area contributed by atoms with E-state index in [2.05, 4.69) is 0 Å². The first-order chi connectivity index (χ1) is 11.6. The van der Waals surface area contributed by atoms with Crippen molar-refractivity contribution in [1.29, 1.82) is 0 Å². The first-order valence-corrected chi connectivity index (χ1v) is 7.95. The summed E-state index contributed by atoms with van der Waals surface area (Å²) in [6.45, 7) is 0. The van der Waals surface area contributed by atoms with E-state index in [4.69, 9.17) is 4.74 Å². The van der Waals surface area contributed by atoms with E-state index in [0.717, 1.165) is 0 Å². The van der Waals surface area contributed by atoms with Gasteiger partial charge in [-0.1, -0.05) is 24.3 Å². The molecule has 2 aliphatic carbocycles. The molecule has 0 amide bonds. The van der Waals surface area contributed by atoms with Crippen LogP contribution >= 0.6 is 0 Å². The predicted octanol–water partition coefficient (Wildman–Crippen LogP) is 3.35. The second-order valence-corrected chi connectivity index (χ2v) is 6.42. The minimum Gasteiger partial charge on any atom is -0.497 e. The fourth-order valence-corrected chi connectivity index (χ4v) is 3.64. The molecule has 0 heterocycles. The van der Waals surface area contributed by atoms with Gasteiger partial charge in [0.1, 0.15) is 5.75 Å². The molecule has 1 fully saturated rings. The molecule has 2 aliphatic rings. The molecule has 1 unspecified atom stereocenters. The summed E-state index contributed by atoms with van der Waals surface area (Å²) >= 11 is 0. The number of carbonyl (C=O) groups excluding carboxylic acids is 3. The van der Waals surface area contributed by atoms with Crippen molar-refractivity contribution in [2.24, 2.45) is 11.3 Å². The minimum atomic E-state index is -0.909. The number of benzene rings is 2. The largest absolute Gasteiger partial charge is 0.497 e. The smallest absolute Gasteiger partial charge is 0.175 e. The Morgan fingerprint density at radius 1 is 1.00 bits per heavy atom. The van der Waals surface area contributed by atoms with Crippen molar-refractivity contribution in [3.8, 4) is 5.75 Å². The molecule has 120 valence electrons. The monoisotopic (exact) mass is 320 g/mol. The Balaban J connectivity index is 1.78. The van der Waals surface area contributed by atoms with Gasteiger partial charge in [-0.2, -0.15) is 0 Å². The van der Waals surface area contributed by atoms with Crippen LogP contribution in [0.15, 0.2) is 48.5 Å². The first kappa shape index (κ1) is 14.8. The minimum absolute atomic E-state index is 0.0652. The number of fused-ring (bicyclic) bond motifs is 1. The number of rotatable bonds is 3. The number of ketones is 3. The number of hydrogen-bond donors (Lipinski definition) is 0. The molecule has 4 heteroatoms. The Kier molecular flexibility index (Phi) is 3.17.